The Labute approximate surface area is 162 Å². The highest BCUT2D eigenvalue weighted by Gasteiger charge is 2.12. The first-order valence-corrected chi connectivity index (χ1v) is 9.42. The van der Waals surface area contributed by atoms with Crippen molar-refractivity contribution < 1.29 is 8.42 Å². The fourth-order valence-electron chi connectivity index (χ4n) is 1.93. The van der Waals surface area contributed by atoms with Crippen LogP contribution in [0, 0.1) is 0 Å². The number of pyridine rings is 1. The van der Waals surface area contributed by atoms with E-state index in [1.165, 1.54) is 37.7 Å². The maximum Gasteiger partial charge on any atom is 0.242 e. The Balaban J connectivity index is 0.00000529. The lowest BCUT2D eigenvalue weighted by Crippen LogP contribution is -2.41. The fraction of sp³-hybridized carbons (Fsp3) is 0.600. The molecule has 9 heteroatoms. The standard InChI is InChI=1S/C15H27N5O2S.HI/c1-3-4-5-6-10-18-15(16-2)19-11-12-20-23(21,22)14-8-7-9-17-13-14;/h7-9,13,20H,3-6,10-12H2,1-2H3,(H2,16,18,19);1H. The smallest absolute Gasteiger partial charge is 0.242 e. The van der Waals surface area contributed by atoms with Gasteiger partial charge in [0, 0.05) is 39.1 Å². The zero-order valence-corrected chi connectivity index (χ0v) is 17.4. The molecule has 0 saturated heterocycles. The van der Waals surface area contributed by atoms with E-state index in [2.05, 4.69) is 32.3 Å². The molecule has 24 heavy (non-hydrogen) atoms. The summed E-state index contributed by atoms with van der Waals surface area (Å²) in [6.45, 7) is 3.77. The third-order valence-electron chi connectivity index (χ3n) is 3.20. The van der Waals surface area contributed by atoms with Gasteiger partial charge in [-0.15, -0.1) is 24.0 Å². The third kappa shape index (κ3) is 9.38. The van der Waals surface area contributed by atoms with E-state index in [0.29, 0.717) is 12.5 Å². The molecule has 0 aromatic carbocycles. The summed E-state index contributed by atoms with van der Waals surface area (Å²) in [6, 6.07) is 3.11. The van der Waals surface area contributed by atoms with Crippen molar-refractivity contribution in [1.82, 2.24) is 20.3 Å². The molecule has 1 aromatic heterocycles. The van der Waals surface area contributed by atoms with Crippen LogP contribution in [0.5, 0.6) is 0 Å². The molecule has 0 aliphatic heterocycles. The van der Waals surface area contributed by atoms with Crippen LogP contribution >= 0.6 is 24.0 Å². The van der Waals surface area contributed by atoms with E-state index in [-0.39, 0.29) is 35.4 Å². The molecular weight excluding hydrogens is 441 g/mol. The molecule has 0 atom stereocenters. The average molecular weight is 469 g/mol. The Hall–Kier alpha value is -0.940. The van der Waals surface area contributed by atoms with Gasteiger partial charge in [0.15, 0.2) is 5.96 Å². The summed E-state index contributed by atoms with van der Waals surface area (Å²) in [5, 5.41) is 6.29. The number of hydrogen-bond acceptors (Lipinski definition) is 4. The zero-order chi connectivity index (χ0) is 17.0. The van der Waals surface area contributed by atoms with Gasteiger partial charge >= 0.3 is 0 Å². The first-order valence-electron chi connectivity index (χ1n) is 7.94. The van der Waals surface area contributed by atoms with E-state index in [9.17, 15) is 8.42 Å². The van der Waals surface area contributed by atoms with Crippen LogP contribution in [0.1, 0.15) is 32.6 Å². The minimum atomic E-state index is -3.50. The highest BCUT2D eigenvalue weighted by atomic mass is 127. The summed E-state index contributed by atoms with van der Waals surface area (Å²) in [5.41, 5.74) is 0. The zero-order valence-electron chi connectivity index (χ0n) is 14.3. The van der Waals surface area contributed by atoms with Crippen molar-refractivity contribution in [3.8, 4) is 0 Å². The lowest BCUT2D eigenvalue weighted by Gasteiger charge is -2.12. The molecule has 7 nitrogen and oxygen atoms in total. The molecule has 0 spiro atoms. The minimum Gasteiger partial charge on any atom is -0.356 e. The van der Waals surface area contributed by atoms with Crippen molar-refractivity contribution in [3.05, 3.63) is 24.5 Å². The van der Waals surface area contributed by atoms with E-state index >= 15 is 0 Å². The molecule has 0 aliphatic carbocycles. The van der Waals surface area contributed by atoms with Crippen molar-refractivity contribution >= 4 is 40.0 Å². The summed E-state index contributed by atoms with van der Waals surface area (Å²) >= 11 is 0. The van der Waals surface area contributed by atoms with Crippen LogP contribution in [0.4, 0.5) is 0 Å². The van der Waals surface area contributed by atoms with Gasteiger partial charge in [0.05, 0.1) is 0 Å². The van der Waals surface area contributed by atoms with Crippen LogP contribution in [0.15, 0.2) is 34.4 Å². The summed E-state index contributed by atoms with van der Waals surface area (Å²) < 4.78 is 26.5. The molecule has 3 N–H and O–H groups in total. The number of aliphatic imine (C=N–C) groups is 1. The fourth-order valence-corrected chi connectivity index (χ4v) is 2.93. The number of halogens is 1. The third-order valence-corrected chi connectivity index (χ3v) is 4.65. The first-order chi connectivity index (χ1) is 11.1. The van der Waals surface area contributed by atoms with Crippen LogP contribution in [0.3, 0.4) is 0 Å². The van der Waals surface area contributed by atoms with Crippen LogP contribution in [-0.4, -0.2) is 46.0 Å². The average Bonchev–Trinajstić information content (AvgIpc) is 2.57. The van der Waals surface area contributed by atoms with Gasteiger partial charge in [-0.25, -0.2) is 13.1 Å². The van der Waals surface area contributed by atoms with Crippen molar-refractivity contribution in [2.24, 2.45) is 4.99 Å². The van der Waals surface area contributed by atoms with Gasteiger partial charge in [-0.1, -0.05) is 26.2 Å². The number of sulfonamides is 1. The van der Waals surface area contributed by atoms with E-state index in [1.54, 1.807) is 13.1 Å². The molecule has 0 saturated carbocycles. The monoisotopic (exact) mass is 469 g/mol. The van der Waals surface area contributed by atoms with Crippen molar-refractivity contribution in [3.63, 3.8) is 0 Å². The SMILES string of the molecule is CCCCCCNC(=NC)NCCNS(=O)(=O)c1cccnc1.I. The summed E-state index contributed by atoms with van der Waals surface area (Å²) in [7, 11) is -1.81. The van der Waals surface area contributed by atoms with Gasteiger partial charge in [0.1, 0.15) is 4.90 Å². The number of nitrogens with zero attached hydrogens (tertiary/aromatic N) is 2. The molecule has 0 amide bonds. The molecule has 1 heterocycles. The second-order valence-electron chi connectivity index (χ2n) is 5.07. The Kier molecular flexibility index (Phi) is 12.8. The lowest BCUT2D eigenvalue weighted by atomic mass is 10.2. The molecule has 0 unspecified atom stereocenters. The van der Waals surface area contributed by atoms with Gasteiger partial charge in [-0.2, -0.15) is 0 Å². The first kappa shape index (κ1) is 23.1. The van der Waals surface area contributed by atoms with Crippen LogP contribution in [0.25, 0.3) is 0 Å². The molecule has 138 valence electrons. The van der Waals surface area contributed by atoms with Crippen LogP contribution in [0.2, 0.25) is 0 Å². The Morgan fingerprint density at radius 1 is 1.17 bits per heavy atom. The minimum absolute atomic E-state index is 0. The number of rotatable bonds is 10. The highest BCUT2D eigenvalue weighted by molar-refractivity contribution is 14.0. The molecule has 1 aromatic rings. The largest absolute Gasteiger partial charge is 0.356 e. The second-order valence-corrected chi connectivity index (χ2v) is 6.84. The maximum absolute atomic E-state index is 12.0. The van der Waals surface area contributed by atoms with Crippen molar-refractivity contribution in [1.29, 1.82) is 0 Å². The summed E-state index contributed by atoms with van der Waals surface area (Å²) in [6.07, 6.45) is 7.62. The van der Waals surface area contributed by atoms with Crippen LogP contribution < -0.4 is 15.4 Å². The highest BCUT2D eigenvalue weighted by Crippen LogP contribution is 2.04. The normalized spacial score (nSPS) is 11.7. The Morgan fingerprint density at radius 2 is 1.92 bits per heavy atom. The number of nitrogens with one attached hydrogen (secondary N) is 3. The molecule has 0 aliphatic rings. The van der Waals surface area contributed by atoms with Gasteiger partial charge < -0.3 is 10.6 Å². The molecule has 1 rings (SSSR count). The van der Waals surface area contributed by atoms with E-state index in [4.69, 9.17) is 0 Å². The van der Waals surface area contributed by atoms with E-state index < -0.39 is 10.0 Å². The summed E-state index contributed by atoms with van der Waals surface area (Å²) in [5.74, 6) is 0.682. The predicted molar refractivity (Wildman–Crippen MR) is 108 cm³/mol. The Bertz CT molecular complexity index is 566. The Morgan fingerprint density at radius 3 is 2.54 bits per heavy atom. The van der Waals surface area contributed by atoms with Gasteiger partial charge in [-0.3, -0.25) is 9.98 Å². The molecular formula is C15H28IN5O2S. The topological polar surface area (TPSA) is 95.5 Å². The lowest BCUT2D eigenvalue weighted by molar-refractivity contribution is 0.580. The maximum atomic E-state index is 12.0. The summed E-state index contributed by atoms with van der Waals surface area (Å²) in [4.78, 5) is 8.08. The van der Waals surface area contributed by atoms with Crippen molar-refractivity contribution in [2.45, 2.75) is 37.5 Å². The van der Waals surface area contributed by atoms with E-state index in [1.807, 2.05) is 0 Å². The second kappa shape index (κ2) is 13.4. The van der Waals surface area contributed by atoms with Crippen molar-refractivity contribution in [2.75, 3.05) is 26.7 Å². The molecule has 0 bridgehead atoms. The van der Waals surface area contributed by atoms with Crippen LogP contribution in [-0.2, 0) is 10.0 Å². The number of unbranched alkanes of at least 4 members (excludes halogenated alkanes) is 3. The van der Waals surface area contributed by atoms with Gasteiger partial charge in [0.25, 0.3) is 0 Å². The quantitative estimate of drug-likeness (QED) is 0.210. The number of hydrogen-bond donors (Lipinski definition) is 3. The van der Waals surface area contributed by atoms with E-state index in [0.717, 1.165) is 13.0 Å². The number of guanidine groups is 1. The van der Waals surface area contributed by atoms with Gasteiger partial charge in [0.2, 0.25) is 10.0 Å². The predicted octanol–water partition coefficient (Wildman–Crippen LogP) is 1.72. The number of aromatic nitrogens is 1. The van der Waals surface area contributed by atoms with Gasteiger partial charge in [-0.05, 0) is 18.6 Å². The molecule has 0 radical (unpaired) electrons. The molecule has 0 fully saturated rings.